The molecule has 0 bridgehead atoms. The van der Waals surface area contributed by atoms with E-state index in [1.165, 1.54) is 4.90 Å². The molecule has 0 saturated carbocycles. The number of pyridine rings is 1. The van der Waals surface area contributed by atoms with Gasteiger partial charge in [-0.2, -0.15) is 0 Å². The molecule has 1 aromatic heterocycles. The molecule has 5 heteroatoms. The van der Waals surface area contributed by atoms with Crippen molar-refractivity contribution in [1.29, 1.82) is 0 Å². The number of benzene rings is 1. The highest BCUT2D eigenvalue weighted by molar-refractivity contribution is 6.33. The van der Waals surface area contributed by atoms with Crippen LogP contribution in [0.2, 0.25) is 5.02 Å². The van der Waals surface area contributed by atoms with Crippen LogP contribution in [0.25, 0.3) is 0 Å². The highest BCUT2D eigenvalue weighted by Gasteiger charge is 2.10. The van der Waals surface area contributed by atoms with E-state index in [9.17, 15) is 4.79 Å². The third kappa shape index (κ3) is 3.48. The summed E-state index contributed by atoms with van der Waals surface area (Å²) in [7, 11) is 3.44. The topological polar surface area (TPSA) is 45.2 Å². The zero-order valence-corrected chi connectivity index (χ0v) is 12.2. The fraction of sp³-hybridized carbons (Fsp3) is 0.200. The van der Waals surface area contributed by atoms with E-state index in [2.05, 4.69) is 10.3 Å². The Morgan fingerprint density at radius 2 is 2.10 bits per heavy atom. The van der Waals surface area contributed by atoms with Crippen molar-refractivity contribution in [3.63, 3.8) is 0 Å². The lowest BCUT2D eigenvalue weighted by molar-refractivity contribution is 0.0827. The molecule has 104 valence electrons. The molecule has 0 radical (unpaired) electrons. The van der Waals surface area contributed by atoms with Crippen LogP contribution in [0.15, 0.2) is 42.6 Å². The van der Waals surface area contributed by atoms with Gasteiger partial charge in [0.2, 0.25) is 0 Å². The van der Waals surface area contributed by atoms with Crippen LogP contribution in [-0.2, 0) is 6.54 Å². The summed E-state index contributed by atoms with van der Waals surface area (Å²) in [5.74, 6) is -0.0532. The maximum absolute atomic E-state index is 11.9. The Hall–Kier alpha value is -2.07. The number of aromatic nitrogens is 1. The van der Waals surface area contributed by atoms with Crippen LogP contribution < -0.4 is 5.32 Å². The van der Waals surface area contributed by atoms with Gasteiger partial charge in [0, 0.05) is 25.9 Å². The van der Waals surface area contributed by atoms with Gasteiger partial charge in [-0.3, -0.25) is 9.78 Å². The molecular weight excluding hydrogens is 274 g/mol. The summed E-state index contributed by atoms with van der Waals surface area (Å²) >= 11 is 6.14. The van der Waals surface area contributed by atoms with E-state index in [0.717, 1.165) is 11.4 Å². The Balaban J connectivity index is 2.15. The van der Waals surface area contributed by atoms with Crippen LogP contribution in [0.1, 0.15) is 16.1 Å². The van der Waals surface area contributed by atoms with Gasteiger partial charge in [0.25, 0.3) is 5.91 Å². The number of hydrogen-bond donors (Lipinski definition) is 1. The molecule has 2 rings (SSSR count). The molecule has 0 aliphatic rings. The number of rotatable bonds is 4. The smallest absolute Gasteiger partial charge is 0.253 e. The summed E-state index contributed by atoms with van der Waals surface area (Å²) in [5, 5.41) is 3.78. The number of nitrogens with zero attached hydrogens (tertiary/aromatic N) is 2. The third-order valence-electron chi connectivity index (χ3n) is 2.81. The molecule has 4 nitrogen and oxygen atoms in total. The van der Waals surface area contributed by atoms with E-state index in [-0.39, 0.29) is 5.91 Å². The minimum absolute atomic E-state index is 0.0532. The monoisotopic (exact) mass is 289 g/mol. The van der Waals surface area contributed by atoms with E-state index in [4.69, 9.17) is 11.6 Å². The van der Waals surface area contributed by atoms with Crippen LogP contribution in [0.4, 0.5) is 5.69 Å². The molecule has 1 amide bonds. The average Bonchev–Trinajstić information content (AvgIpc) is 2.46. The number of anilines is 1. The zero-order valence-electron chi connectivity index (χ0n) is 11.4. The standard InChI is InChI=1S/C15H16ClN3O/c1-19(2)15(20)11-6-7-13(16)14(9-11)18-10-12-5-3-4-8-17-12/h3-9,18H,10H2,1-2H3. The second-order valence-electron chi connectivity index (χ2n) is 4.57. The van der Waals surface area contributed by atoms with Crippen LogP contribution in [0.5, 0.6) is 0 Å². The predicted octanol–water partition coefficient (Wildman–Crippen LogP) is 3.05. The van der Waals surface area contributed by atoms with Crippen molar-refractivity contribution in [1.82, 2.24) is 9.88 Å². The van der Waals surface area contributed by atoms with Crippen molar-refractivity contribution < 1.29 is 4.79 Å². The Bertz CT molecular complexity index is 599. The van der Waals surface area contributed by atoms with Crippen molar-refractivity contribution in [3.8, 4) is 0 Å². The van der Waals surface area contributed by atoms with Crippen molar-refractivity contribution in [2.75, 3.05) is 19.4 Å². The van der Waals surface area contributed by atoms with Gasteiger partial charge in [0.1, 0.15) is 0 Å². The summed E-state index contributed by atoms with van der Waals surface area (Å²) in [5.41, 5.74) is 2.24. The molecule has 2 aromatic rings. The number of halogens is 1. The normalized spacial score (nSPS) is 10.2. The number of carbonyl (C=O) groups excluding carboxylic acids is 1. The van der Waals surface area contributed by atoms with E-state index in [1.807, 2.05) is 18.2 Å². The molecule has 1 N–H and O–H groups in total. The van der Waals surface area contributed by atoms with Crippen molar-refractivity contribution in [2.45, 2.75) is 6.54 Å². The summed E-state index contributed by atoms with van der Waals surface area (Å²) in [6.07, 6.45) is 1.74. The van der Waals surface area contributed by atoms with Gasteiger partial charge in [-0.15, -0.1) is 0 Å². The number of carbonyl (C=O) groups is 1. The lowest BCUT2D eigenvalue weighted by atomic mass is 10.1. The molecule has 0 atom stereocenters. The summed E-state index contributed by atoms with van der Waals surface area (Å²) < 4.78 is 0. The highest BCUT2D eigenvalue weighted by Crippen LogP contribution is 2.24. The first-order valence-electron chi connectivity index (χ1n) is 6.23. The first-order chi connectivity index (χ1) is 9.58. The summed E-state index contributed by atoms with van der Waals surface area (Å²) in [6.45, 7) is 0.556. The second-order valence-corrected chi connectivity index (χ2v) is 4.98. The molecule has 1 aromatic carbocycles. The zero-order chi connectivity index (χ0) is 14.5. The van der Waals surface area contributed by atoms with E-state index < -0.39 is 0 Å². The molecule has 20 heavy (non-hydrogen) atoms. The van der Waals surface area contributed by atoms with Gasteiger partial charge in [-0.1, -0.05) is 17.7 Å². The maximum Gasteiger partial charge on any atom is 0.253 e. The van der Waals surface area contributed by atoms with Gasteiger partial charge in [0.15, 0.2) is 0 Å². The summed E-state index contributed by atoms with van der Waals surface area (Å²) in [6, 6.07) is 10.9. The predicted molar refractivity (Wildman–Crippen MR) is 81.0 cm³/mol. The van der Waals surface area contributed by atoms with Crippen LogP contribution in [-0.4, -0.2) is 29.9 Å². The minimum Gasteiger partial charge on any atom is -0.378 e. The molecule has 0 saturated heterocycles. The SMILES string of the molecule is CN(C)C(=O)c1ccc(Cl)c(NCc2ccccn2)c1. The van der Waals surface area contributed by atoms with Gasteiger partial charge < -0.3 is 10.2 Å². The fourth-order valence-corrected chi connectivity index (χ4v) is 1.92. The first-order valence-corrected chi connectivity index (χ1v) is 6.60. The molecule has 0 aliphatic carbocycles. The van der Waals surface area contributed by atoms with Crippen molar-refractivity contribution >= 4 is 23.2 Å². The molecular formula is C15H16ClN3O. The van der Waals surface area contributed by atoms with E-state index >= 15 is 0 Å². The Kier molecular flexibility index (Phi) is 4.58. The van der Waals surface area contributed by atoms with Crippen LogP contribution >= 0.6 is 11.6 Å². The van der Waals surface area contributed by atoms with Crippen LogP contribution in [0, 0.1) is 0 Å². The number of nitrogens with one attached hydrogen (secondary N) is 1. The summed E-state index contributed by atoms with van der Waals surface area (Å²) in [4.78, 5) is 17.7. The molecule has 0 aliphatic heterocycles. The van der Waals surface area contributed by atoms with E-state index in [0.29, 0.717) is 17.1 Å². The van der Waals surface area contributed by atoms with Crippen LogP contribution in [0.3, 0.4) is 0 Å². The highest BCUT2D eigenvalue weighted by atomic mass is 35.5. The Labute approximate surface area is 123 Å². The average molecular weight is 290 g/mol. The number of amides is 1. The largest absolute Gasteiger partial charge is 0.378 e. The minimum atomic E-state index is -0.0532. The van der Waals surface area contributed by atoms with Gasteiger partial charge >= 0.3 is 0 Å². The molecule has 0 spiro atoms. The first kappa shape index (κ1) is 14.3. The maximum atomic E-state index is 11.9. The lowest BCUT2D eigenvalue weighted by Crippen LogP contribution is -2.21. The second kappa shape index (κ2) is 6.39. The Morgan fingerprint density at radius 1 is 1.30 bits per heavy atom. The molecule has 1 heterocycles. The van der Waals surface area contributed by atoms with Gasteiger partial charge in [-0.25, -0.2) is 0 Å². The third-order valence-corrected chi connectivity index (χ3v) is 3.14. The molecule has 0 fully saturated rings. The van der Waals surface area contributed by atoms with Crippen molar-refractivity contribution in [2.24, 2.45) is 0 Å². The van der Waals surface area contributed by atoms with Crippen molar-refractivity contribution in [3.05, 3.63) is 58.9 Å². The number of hydrogen-bond acceptors (Lipinski definition) is 3. The fourth-order valence-electron chi connectivity index (χ4n) is 1.74. The lowest BCUT2D eigenvalue weighted by Gasteiger charge is -2.13. The molecule has 0 unspecified atom stereocenters. The van der Waals surface area contributed by atoms with Gasteiger partial charge in [-0.05, 0) is 30.3 Å². The van der Waals surface area contributed by atoms with Gasteiger partial charge in [0.05, 0.1) is 22.9 Å². The quantitative estimate of drug-likeness (QED) is 0.941. The Morgan fingerprint density at radius 3 is 2.75 bits per heavy atom. The van der Waals surface area contributed by atoms with E-state index in [1.54, 1.807) is 38.5 Å².